The Bertz CT molecular complexity index is 1200. The normalized spacial score (nSPS) is 11.4. The molecule has 1 amide bonds. The second-order valence-corrected chi connectivity index (χ2v) is 6.80. The van der Waals surface area contributed by atoms with Gasteiger partial charge in [0.15, 0.2) is 0 Å². The second-order valence-electron chi connectivity index (χ2n) is 6.80. The largest absolute Gasteiger partial charge is 0.507 e. The van der Waals surface area contributed by atoms with Crippen molar-refractivity contribution in [3.8, 4) is 16.9 Å². The first-order chi connectivity index (χ1) is 14.1. The van der Waals surface area contributed by atoms with Gasteiger partial charge in [-0.2, -0.15) is 5.10 Å². The average molecular weight is 380 g/mol. The van der Waals surface area contributed by atoms with E-state index >= 15 is 0 Å². The van der Waals surface area contributed by atoms with E-state index in [1.807, 2.05) is 73.7 Å². The fraction of sp³-hybridized carbons (Fsp3) is 0.0400. The Morgan fingerprint density at radius 2 is 1.38 bits per heavy atom. The summed E-state index contributed by atoms with van der Waals surface area (Å²) in [6.07, 6.45) is 0. The van der Waals surface area contributed by atoms with Crippen LogP contribution in [0.2, 0.25) is 0 Å². The van der Waals surface area contributed by atoms with Gasteiger partial charge in [0.2, 0.25) is 0 Å². The molecular weight excluding hydrogens is 360 g/mol. The molecular formula is C25H20N2O2. The summed E-state index contributed by atoms with van der Waals surface area (Å²) in [4.78, 5) is 12.5. The molecule has 0 aromatic heterocycles. The second kappa shape index (κ2) is 7.98. The molecule has 0 fully saturated rings. The van der Waals surface area contributed by atoms with Crippen LogP contribution >= 0.6 is 0 Å². The summed E-state index contributed by atoms with van der Waals surface area (Å²) >= 11 is 0. The molecule has 0 heterocycles. The van der Waals surface area contributed by atoms with Crippen LogP contribution in [0.1, 0.15) is 22.8 Å². The van der Waals surface area contributed by atoms with Gasteiger partial charge >= 0.3 is 0 Å². The maximum absolute atomic E-state index is 12.5. The van der Waals surface area contributed by atoms with Gasteiger partial charge in [0.05, 0.1) is 11.3 Å². The van der Waals surface area contributed by atoms with E-state index in [2.05, 4.69) is 22.7 Å². The predicted molar refractivity (Wildman–Crippen MR) is 117 cm³/mol. The number of amides is 1. The van der Waals surface area contributed by atoms with Gasteiger partial charge in [-0.15, -0.1) is 0 Å². The van der Waals surface area contributed by atoms with E-state index in [1.165, 1.54) is 0 Å². The first kappa shape index (κ1) is 18.4. The zero-order valence-corrected chi connectivity index (χ0v) is 16.0. The Hall–Kier alpha value is -3.92. The summed E-state index contributed by atoms with van der Waals surface area (Å²) in [5.74, 6) is -0.519. The molecule has 0 bridgehead atoms. The fourth-order valence-electron chi connectivity index (χ4n) is 3.20. The molecule has 0 unspecified atom stereocenters. The molecule has 0 aliphatic heterocycles. The molecule has 29 heavy (non-hydrogen) atoms. The molecule has 0 spiro atoms. The van der Waals surface area contributed by atoms with Crippen molar-refractivity contribution in [3.05, 3.63) is 102 Å². The highest BCUT2D eigenvalue weighted by Crippen LogP contribution is 2.25. The number of benzene rings is 4. The molecule has 4 nitrogen and oxygen atoms in total. The topological polar surface area (TPSA) is 61.7 Å². The van der Waals surface area contributed by atoms with Gasteiger partial charge in [0.1, 0.15) is 5.75 Å². The molecule has 142 valence electrons. The van der Waals surface area contributed by atoms with Crippen LogP contribution in [0.3, 0.4) is 0 Å². The van der Waals surface area contributed by atoms with Crippen LogP contribution in [0.15, 0.2) is 96.1 Å². The van der Waals surface area contributed by atoms with E-state index in [9.17, 15) is 9.90 Å². The number of nitrogens with zero attached hydrogens (tertiary/aromatic N) is 1. The lowest BCUT2D eigenvalue weighted by Crippen LogP contribution is -2.19. The molecule has 0 saturated carbocycles. The van der Waals surface area contributed by atoms with E-state index < -0.39 is 5.91 Å². The van der Waals surface area contributed by atoms with Gasteiger partial charge in [0.25, 0.3) is 5.91 Å². The van der Waals surface area contributed by atoms with Gasteiger partial charge in [-0.25, -0.2) is 5.43 Å². The number of hydrogen-bond donors (Lipinski definition) is 2. The van der Waals surface area contributed by atoms with Crippen LogP contribution in [0.4, 0.5) is 0 Å². The monoisotopic (exact) mass is 380 g/mol. The van der Waals surface area contributed by atoms with Crippen molar-refractivity contribution >= 4 is 22.4 Å². The predicted octanol–water partition coefficient (Wildman–Crippen LogP) is 5.37. The number of hydrogen-bond acceptors (Lipinski definition) is 3. The maximum Gasteiger partial charge on any atom is 0.275 e. The number of rotatable bonds is 4. The minimum absolute atomic E-state index is 0.0683. The lowest BCUT2D eigenvalue weighted by atomic mass is 10.0. The van der Waals surface area contributed by atoms with Crippen LogP contribution in [-0.2, 0) is 0 Å². The molecule has 0 atom stereocenters. The van der Waals surface area contributed by atoms with Gasteiger partial charge in [-0.05, 0) is 46.5 Å². The molecule has 0 aliphatic rings. The third-order valence-corrected chi connectivity index (χ3v) is 4.84. The number of nitrogens with one attached hydrogen (secondary N) is 1. The Labute approximate surface area is 169 Å². The van der Waals surface area contributed by atoms with Crippen LogP contribution in [-0.4, -0.2) is 16.7 Å². The van der Waals surface area contributed by atoms with Crippen LogP contribution in [0, 0.1) is 0 Å². The molecule has 0 aliphatic carbocycles. The third-order valence-electron chi connectivity index (χ3n) is 4.84. The molecule has 0 radical (unpaired) electrons. The Kier molecular flexibility index (Phi) is 5.08. The number of fused-ring (bicyclic) bond motifs is 1. The Morgan fingerprint density at radius 1 is 0.793 bits per heavy atom. The van der Waals surface area contributed by atoms with Crippen molar-refractivity contribution < 1.29 is 9.90 Å². The summed E-state index contributed by atoms with van der Waals surface area (Å²) in [6.45, 7) is 1.83. The number of carbonyl (C=O) groups is 1. The van der Waals surface area contributed by atoms with Crippen molar-refractivity contribution in [1.29, 1.82) is 0 Å². The van der Waals surface area contributed by atoms with E-state index in [-0.39, 0.29) is 11.3 Å². The van der Waals surface area contributed by atoms with Crippen molar-refractivity contribution in [1.82, 2.24) is 5.43 Å². The summed E-state index contributed by atoms with van der Waals surface area (Å²) in [5, 5.41) is 16.1. The number of aromatic hydroxyl groups is 1. The Morgan fingerprint density at radius 3 is 2.07 bits per heavy atom. The van der Waals surface area contributed by atoms with Crippen molar-refractivity contribution in [2.45, 2.75) is 6.92 Å². The summed E-state index contributed by atoms with van der Waals surface area (Å²) in [5.41, 5.74) is 6.59. The van der Waals surface area contributed by atoms with Gasteiger partial charge in [-0.3, -0.25) is 4.79 Å². The van der Waals surface area contributed by atoms with Gasteiger partial charge in [0, 0.05) is 0 Å². The minimum atomic E-state index is -0.450. The van der Waals surface area contributed by atoms with Gasteiger partial charge < -0.3 is 5.11 Å². The quantitative estimate of drug-likeness (QED) is 0.369. The highest BCUT2D eigenvalue weighted by molar-refractivity contribution is 6.03. The zero-order chi connectivity index (χ0) is 20.2. The molecule has 4 aromatic rings. The smallest absolute Gasteiger partial charge is 0.275 e. The summed E-state index contributed by atoms with van der Waals surface area (Å²) in [6, 6.07) is 28.9. The number of phenols is 1. The van der Waals surface area contributed by atoms with E-state index in [4.69, 9.17) is 0 Å². The van der Waals surface area contributed by atoms with E-state index in [0.29, 0.717) is 5.71 Å². The van der Waals surface area contributed by atoms with Crippen molar-refractivity contribution in [2.24, 2.45) is 5.10 Å². The first-order valence-corrected chi connectivity index (χ1v) is 9.34. The van der Waals surface area contributed by atoms with Crippen LogP contribution in [0.5, 0.6) is 5.75 Å². The molecule has 4 heteroatoms. The number of hydrazone groups is 1. The van der Waals surface area contributed by atoms with Gasteiger partial charge in [-0.1, -0.05) is 78.9 Å². The lowest BCUT2D eigenvalue weighted by molar-refractivity contribution is 0.0952. The zero-order valence-electron chi connectivity index (χ0n) is 16.0. The lowest BCUT2D eigenvalue weighted by Gasteiger charge is -2.07. The van der Waals surface area contributed by atoms with E-state index in [0.717, 1.165) is 27.5 Å². The Balaban J connectivity index is 1.51. The van der Waals surface area contributed by atoms with Crippen molar-refractivity contribution in [3.63, 3.8) is 0 Å². The van der Waals surface area contributed by atoms with Crippen LogP contribution < -0.4 is 5.43 Å². The highest BCUT2D eigenvalue weighted by atomic mass is 16.3. The molecule has 4 aromatic carbocycles. The highest BCUT2D eigenvalue weighted by Gasteiger charge is 2.12. The average Bonchev–Trinajstić information content (AvgIpc) is 2.77. The SMILES string of the molecule is C/C(=N/NC(=O)c1cc2ccccc2cc1O)c1ccc(-c2ccccc2)cc1. The molecule has 2 N–H and O–H groups in total. The summed E-state index contributed by atoms with van der Waals surface area (Å²) in [7, 11) is 0. The standard InChI is InChI=1S/C25H20N2O2/c1-17(18-11-13-20(14-12-18)19-7-3-2-4-8-19)26-27-25(29)23-15-21-9-5-6-10-22(21)16-24(23)28/h2-16,28H,1H3,(H,27,29)/b26-17-. The first-order valence-electron chi connectivity index (χ1n) is 9.34. The maximum atomic E-state index is 12.5. The number of phenolic OH excluding ortho intramolecular Hbond substituents is 1. The fourth-order valence-corrected chi connectivity index (χ4v) is 3.20. The van der Waals surface area contributed by atoms with Crippen molar-refractivity contribution in [2.75, 3.05) is 0 Å². The number of carbonyl (C=O) groups excluding carboxylic acids is 1. The van der Waals surface area contributed by atoms with E-state index in [1.54, 1.807) is 12.1 Å². The molecule has 0 saturated heterocycles. The van der Waals surface area contributed by atoms with Crippen LogP contribution in [0.25, 0.3) is 21.9 Å². The molecule has 4 rings (SSSR count). The third kappa shape index (κ3) is 4.01. The minimum Gasteiger partial charge on any atom is -0.507 e. The summed E-state index contributed by atoms with van der Waals surface area (Å²) < 4.78 is 0.